The SMILES string of the molecule is COC(=O)C1(c2ccc(-c3ccc(-n4nc(C)nc4N)cc3)cc2)CC1. The number of hydrogen-bond acceptors (Lipinski definition) is 5. The molecule has 0 spiro atoms. The molecule has 0 unspecified atom stereocenters. The molecule has 3 aromatic rings. The van der Waals surface area contributed by atoms with Crippen LogP contribution in [-0.2, 0) is 14.9 Å². The van der Waals surface area contributed by atoms with Crippen LogP contribution in [-0.4, -0.2) is 27.8 Å². The number of carbonyl (C=O) groups excluding carboxylic acids is 1. The molecule has 1 heterocycles. The maximum Gasteiger partial charge on any atom is 0.316 e. The number of nitrogens with two attached hydrogens (primary N) is 1. The summed E-state index contributed by atoms with van der Waals surface area (Å²) in [6.07, 6.45) is 1.71. The third-order valence-corrected chi connectivity index (χ3v) is 4.95. The number of hydrogen-bond donors (Lipinski definition) is 1. The highest BCUT2D eigenvalue weighted by Gasteiger charge is 2.52. The molecule has 2 aromatic carbocycles. The second-order valence-electron chi connectivity index (χ2n) is 6.63. The molecule has 26 heavy (non-hydrogen) atoms. The molecular weight excluding hydrogens is 328 g/mol. The summed E-state index contributed by atoms with van der Waals surface area (Å²) in [4.78, 5) is 16.1. The van der Waals surface area contributed by atoms with Gasteiger partial charge in [-0.15, -0.1) is 5.10 Å². The Balaban J connectivity index is 1.59. The number of carbonyl (C=O) groups is 1. The van der Waals surface area contributed by atoms with E-state index in [1.807, 2.05) is 55.5 Å². The Morgan fingerprint density at radius 2 is 1.65 bits per heavy atom. The molecule has 0 atom stereocenters. The predicted octanol–water partition coefficient (Wildman–Crippen LogP) is 3.03. The van der Waals surface area contributed by atoms with Gasteiger partial charge in [0.1, 0.15) is 5.82 Å². The van der Waals surface area contributed by atoms with Crippen molar-refractivity contribution < 1.29 is 9.53 Å². The third-order valence-electron chi connectivity index (χ3n) is 4.95. The highest BCUT2D eigenvalue weighted by Crippen LogP contribution is 2.49. The summed E-state index contributed by atoms with van der Waals surface area (Å²) >= 11 is 0. The standard InChI is InChI=1S/C20H20N4O2/c1-13-22-19(21)24(23-13)17-9-5-15(6-10-17)14-3-7-16(8-4-14)20(11-12-20)18(25)26-2/h3-10H,11-12H2,1-2H3,(H2,21,22,23). The van der Waals surface area contributed by atoms with Gasteiger partial charge in [0.15, 0.2) is 0 Å². The van der Waals surface area contributed by atoms with Gasteiger partial charge in [-0.25, -0.2) is 0 Å². The maximum absolute atomic E-state index is 12.0. The van der Waals surface area contributed by atoms with E-state index in [0.29, 0.717) is 11.8 Å². The fraction of sp³-hybridized carbons (Fsp3) is 0.250. The molecule has 0 bridgehead atoms. The van der Waals surface area contributed by atoms with Crippen molar-refractivity contribution in [3.05, 3.63) is 59.9 Å². The van der Waals surface area contributed by atoms with Crippen molar-refractivity contribution in [2.24, 2.45) is 0 Å². The van der Waals surface area contributed by atoms with E-state index in [1.165, 1.54) is 7.11 Å². The van der Waals surface area contributed by atoms with Crippen LogP contribution in [0.4, 0.5) is 5.95 Å². The molecule has 132 valence electrons. The predicted molar refractivity (Wildman–Crippen MR) is 98.9 cm³/mol. The Morgan fingerprint density at radius 3 is 2.12 bits per heavy atom. The Hall–Kier alpha value is -3.15. The van der Waals surface area contributed by atoms with Crippen LogP contribution in [0, 0.1) is 6.92 Å². The molecule has 1 aromatic heterocycles. The van der Waals surface area contributed by atoms with Gasteiger partial charge in [-0.3, -0.25) is 4.79 Å². The number of anilines is 1. The summed E-state index contributed by atoms with van der Waals surface area (Å²) < 4.78 is 6.57. The highest BCUT2D eigenvalue weighted by atomic mass is 16.5. The summed E-state index contributed by atoms with van der Waals surface area (Å²) in [5.74, 6) is 0.870. The molecule has 4 rings (SSSR count). The first-order chi connectivity index (χ1) is 12.5. The van der Waals surface area contributed by atoms with Crippen molar-refractivity contribution in [1.29, 1.82) is 0 Å². The zero-order chi connectivity index (χ0) is 18.3. The van der Waals surface area contributed by atoms with Gasteiger partial charge in [0.05, 0.1) is 18.2 Å². The second kappa shape index (κ2) is 5.98. The monoisotopic (exact) mass is 348 g/mol. The first-order valence-electron chi connectivity index (χ1n) is 8.52. The Bertz CT molecular complexity index is 954. The normalized spacial score (nSPS) is 14.8. The van der Waals surface area contributed by atoms with Gasteiger partial charge >= 0.3 is 5.97 Å². The highest BCUT2D eigenvalue weighted by molar-refractivity contribution is 5.86. The Labute approximate surface area is 151 Å². The van der Waals surface area contributed by atoms with Crippen molar-refractivity contribution in [2.45, 2.75) is 25.2 Å². The summed E-state index contributed by atoms with van der Waals surface area (Å²) in [6.45, 7) is 1.81. The second-order valence-corrected chi connectivity index (χ2v) is 6.63. The van der Waals surface area contributed by atoms with Crippen LogP contribution in [0.1, 0.15) is 24.2 Å². The number of aromatic nitrogens is 3. The lowest BCUT2D eigenvalue weighted by Crippen LogP contribution is -2.21. The average Bonchev–Trinajstić information content (AvgIpc) is 3.41. The summed E-state index contributed by atoms with van der Waals surface area (Å²) in [5.41, 5.74) is 9.50. The Kier molecular flexibility index (Phi) is 3.76. The van der Waals surface area contributed by atoms with Crippen LogP contribution in [0.25, 0.3) is 16.8 Å². The number of aryl methyl sites for hydroxylation is 1. The van der Waals surface area contributed by atoms with Gasteiger partial charge in [-0.2, -0.15) is 9.67 Å². The topological polar surface area (TPSA) is 83.0 Å². The van der Waals surface area contributed by atoms with E-state index in [9.17, 15) is 4.79 Å². The minimum Gasteiger partial charge on any atom is -0.468 e. The molecule has 0 aliphatic heterocycles. The molecule has 0 saturated heterocycles. The zero-order valence-electron chi connectivity index (χ0n) is 14.8. The smallest absolute Gasteiger partial charge is 0.316 e. The van der Waals surface area contributed by atoms with E-state index < -0.39 is 5.41 Å². The number of esters is 1. The van der Waals surface area contributed by atoms with Gasteiger partial charge in [-0.1, -0.05) is 36.4 Å². The molecule has 6 heteroatoms. The van der Waals surface area contributed by atoms with Gasteiger partial charge in [0.25, 0.3) is 0 Å². The molecule has 2 N–H and O–H groups in total. The molecular formula is C20H20N4O2. The zero-order valence-corrected chi connectivity index (χ0v) is 14.8. The van der Waals surface area contributed by atoms with Crippen LogP contribution in [0.15, 0.2) is 48.5 Å². The van der Waals surface area contributed by atoms with Gasteiger partial charge < -0.3 is 10.5 Å². The average molecular weight is 348 g/mol. The lowest BCUT2D eigenvalue weighted by atomic mass is 9.94. The number of benzene rings is 2. The van der Waals surface area contributed by atoms with E-state index in [2.05, 4.69) is 10.1 Å². The number of nitrogens with zero attached hydrogens (tertiary/aromatic N) is 3. The van der Waals surface area contributed by atoms with Crippen molar-refractivity contribution in [3.8, 4) is 16.8 Å². The van der Waals surface area contributed by atoms with E-state index in [-0.39, 0.29) is 5.97 Å². The molecule has 1 saturated carbocycles. The number of nitrogen functional groups attached to an aromatic ring is 1. The maximum atomic E-state index is 12.0. The molecule has 1 aliphatic rings. The first-order valence-corrected chi connectivity index (χ1v) is 8.52. The minimum absolute atomic E-state index is 0.143. The lowest BCUT2D eigenvalue weighted by molar-refractivity contribution is -0.143. The Morgan fingerprint density at radius 1 is 1.08 bits per heavy atom. The fourth-order valence-corrected chi connectivity index (χ4v) is 3.33. The fourth-order valence-electron chi connectivity index (χ4n) is 3.33. The number of methoxy groups -OCH3 is 1. The number of ether oxygens (including phenoxy) is 1. The van der Waals surface area contributed by atoms with Crippen LogP contribution < -0.4 is 5.73 Å². The van der Waals surface area contributed by atoms with E-state index >= 15 is 0 Å². The first kappa shape index (κ1) is 16.3. The minimum atomic E-state index is -0.431. The third kappa shape index (κ3) is 2.63. The van der Waals surface area contributed by atoms with Crippen LogP contribution in [0.5, 0.6) is 0 Å². The lowest BCUT2D eigenvalue weighted by Gasteiger charge is -2.13. The van der Waals surface area contributed by atoms with Crippen molar-refractivity contribution in [1.82, 2.24) is 14.8 Å². The molecule has 6 nitrogen and oxygen atoms in total. The molecule has 0 radical (unpaired) electrons. The van der Waals surface area contributed by atoms with E-state index in [4.69, 9.17) is 10.5 Å². The van der Waals surface area contributed by atoms with Gasteiger partial charge in [0.2, 0.25) is 5.95 Å². The number of rotatable bonds is 4. The van der Waals surface area contributed by atoms with E-state index in [1.54, 1.807) is 4.68 Å². The largest absolute Gasteiger partial charge is 0.468 e. The van der Waals surface area contributed by atoms with Crippen molar-refractivity contribution in [3.63, 3.8) is 0 Å². The van der Waals surface area contributed by atoms with Crippen LogP contribution in [0.3, 0.4) is 0 Å². The summed E-state index contributed by atoms with van der Waals surface area (Å²) in [6, 6.07) is 16.1. The van der Waals surface area contributed by atoms with Gasteiger partial charge in [-0.05, 0) is 48.6 Å². The van der Waals surface area contributed by atoms with Crippen LogP contribution >= 0.6 is 0 Å². The summed E-state index contributed by atoms with van der Waals surface area (Å²) in [5, 5.41) is 4.29. The van der Waals surface area contributed by atoms with E-state index in [0.717, 1.165) is 35.2 Å². The van der Waals surface area contributed by atoms with Crippen molar-refractivity contribution >= 4 is 11.9 Å². The van der Waals surface area contributed by atoms with Crippen molar-refractivity contribution in [2.75, 3.05) is 12.8 Å². The quantitative estimate of drug-likeness (QED) is 0.733. The molecule has 1 fully saturated rings. The van der Waals surface area contributed by atoms with Crippen LogP contribution in [0.2, 0.25) is 0 Å². The molecule has 1 aliphatic carbocycles. The summed E-state index contributed by atoms with van der Waals surface area (Å²) in [7, 11) is 1.45. The van der Waals surface area contributed by atoms with Gasteiger partial charge in [0, 0.05) is 0 Å². The molecule has 0 amide bonds.